The lowest BCUT2D eigenvalue weighted by atomic mass is 9.86. The fourth-order valence-corrected chi connectivity index (χ4v) is 3.27. The van der Waals surface area contributed by atoms with E-state index in [-0.39, 0.29) is 6.61 Å². The third kappa shape index (κ3) is 3.32. The maximum atomic E-state index is 9.48. The highest BCUT2D eigenvalue weighted by molar-refractivity contribution is 5.44. The first-order chi connectivity index (χ1) is 9.55. The molecule has 0 amide bonds. The minimum atomic E-state index is 0.0968. The molecule has 1 fully saturated rings. The number of piperidine rings is 1. The lowest BCUT2D eigenvalue weighted by Crippen LogP contribution is -2.46. The van der Waals surface area contributed by atoms with Gasteiger partial charge < -0.3 is 10.0 Å². The van der Waals surface area contributed by atoms with E-state index in [0.29, 0.717) is 17.9 Å². The zero-order valence-electron chi connectivity index (χ0n) is 13.3. The van der Waals surface area contributed by atoms with Crippen molar-refractivity contribution in [1.29, 1.82) is 0 Å². The van der Waals surface area contributed by atoms with Crippen LogP contribution in [0.5, 0.6) is 0 Å². The van der Waals surface area contributed by atoms with Gasteiger partial charge in [0.2, 0.25) is 0 Å². The predicted octanol–water partition coefficient (Wildman–Crippen LogP) is 3.40. The molecule has 1 aliphatic rings. The van der Waals surface area contributed by atoms with Crippen LogP contribution in [-0.4, -0.2) is 22.7 Å². The van der Waals surface area contributed by atoms with E-state index in [1.54, 1.807) is 0 Å². The van der Waals surface area contributed by atoms with E-state index >= 15 is 0 Å². The Morgan fingerprint density at radius 3 is 2.70 bits per heavy atom. The van der Waals surface area contributed by atoms with Crippen LogP contribution in [0, 0.1) is 11.8 Å². The standard InChI is InChI=1S/C17H28N2O/c1-5-6-16-8-15(11-20)9-17(18-16)19-10-12(2)7-13(3)14(19)4/h8-9,12-14,20H,5-7,10-11H2,1-4H3. The highest BCUT2D eigenvalue weighted by Crippen LogP contribution is 2.31. The first kappa shape index (κ1) is 15.3. The van der Waals surface area contributed by atoms with Gasteiger partial charge in [0.05, 0.1) is 6.61 Å². The normalized spacial score (nSPS) is 26.9. The van der Waals surface area contributed by atoms with Gasteiger partial charge in [-0.25, -0.2) is 4.98 Å². The summed E-state index contributed by atoms with van der Waals surface area (Å²) in [4.78, 5) is 7.26. The van der Waals surface area contributed by atoms with Crippen LogP contribution in [-0.2, 0) is 13.0 Å². The predicted molar refractivity (Wildman–Crippen MR) is 83.9 cm³/mol. The van der Waals surface area contributed by atoms with E-state index in [2.05, 4.69) is 38.7 Å². The van der Waals surface area contributed by atoms with Gasteiger partial charge in [0.15, 0.2) is 0 Å². The van der Waals surface area contributed by atoms with Crippen molar-refractivity contribution in [3.63, 3.8) is 0 Å². The lowest BCUT2D eigenvalue weighted by molar-refractivity contribution is 0.280. The van der Waals surface area contributed by atoms with E-state index in [9.17, 15) is 5.11 Å². The average molecular weight is 276 g/mol. The summed E-state index contributed by atoms with van der Waals surface area (Å²) in [6, 6.07) is 4.61. The van der Waals surface area contributed by atoms with Crippen LogP contribution in [0.1, 0.15) is 51.8 Å². The largest absolute Gasteiger partial charge is 0.392 e. The molecule has 20 heavy (non-hydrogen) atoms. The second-order valence-corrected chi connectivity index (χ2v) is 6.44. The quantitative estimate of drug-likeness (QED) is 0.915. The number of hydrogen-bond donors (Lipinski definition) is 1. The molecule has 3 unspecified atom stereocenters. The van der Waals surface area contributed by atoms with Crippen LogP contribution < -0.4 is 4.90 Å². The van der Waals surface area contributed by atoms with E-state index in [1.165, 1.54) is 6.42 Å². The monoisotopic (exact) mass is 276 g/mol. The van der Waals surface area contributed by atoms with Gasteiger partial charge in [-0.2, -0.15) is 0 Å². The highest BCUT2D eigenvalue weighted by Gasteiger charge is 2.29. The van der Waals surface area contributed by atoms with Crippen LogP contribution in [0.4, 0.5) is 5.82 Å². The molecule has 1 N–H and O–H groups in total. The van der Waals surface area contributed by atoms with E-state index in [4.69, 9.17) is 4.98 Å². The fourth-order valence-electron chi connectivity index (χ4n) is 3.27. The molecule has 1 aromatic rings. The van der Waals surface area contributed by atoms with Crippen LogP contribution >= 0.6 is 0 Å². The van der Waals surface area contributed by atoms with Crippen molar-refractivity contribution in [3.8, 4) is 0 Å². The molecule has 0 radical (unpaired) electrons. The Labute approximate surface area is 123 Å². The number of rotatable bonds is 4. The first-order valence-corrected chi connectivity index (χ1v) is 7.92. The van der Waals surface area contributed by atoms with Crippen molar-refractivity contribution in [2.45, 2.75) is 59.6 Å². The SMILES string of the molecule is CCCc1cc(CO)cc(N2CC(C)CC(C)C2C)n1. The van der Waals surface area contributed by atoms with Crippen molar-refractivity contribution in [3.05, 3.63) is 23.4 Å². The van der Waals surface area contributed by atoms with E-state index in [0.717, 1.165) is 36.5 Å². The molecule has 0 aromatic carbocycles. The third-order valence-electron chi connectivity index (χ3n) is 4.51. The van der Waals surface area contributed by atoms with Crippen molar-refractivity contribution >= 4 is 5.82 Å². The number of pyridine rings is 1. The number of aryl methyl sites for hydroxylation is 1. The van der Waals surface area contributed by atoms with Crippen molar-refractivity contribution in [2.24, 2.45) is 11.8 Å². The summed E-state index contributed by atoms with van der Waals surface area (Å²) in [5.74, 6) is 2.44. The minimum Gasteiger partial charge on any atom is -0.392 e. The van der Waals surface area contributed by atoms with Gasteiger partial charge in [-0.05, 0) is 49.3 Å². The average Bonchev–Trinajstić information content (AvgIpc) is 2.42. The third-order valence-corrected chi connectivity index (χ3v) is 4.51. The van der Waals surface area contributed by atoms with Gasteiger partial charge in [-0.15, -0.1) is 0 Å². The molecule has 3 atom stereocenters. The Morgan fingerprint density at radius 1 is 1.30 bits per heavy atom. The van der Waals surface area contributed by atoms with Gasteiger partial charge in [0.25, 0.3) is 0 Å². The molecule has 2 heterocycles. The molecule has 0 aliphatic carbocycles. The molecule has 1 aromatic heterocycles. The van der Waals surface area contributed by atoms with Crippen molar-refractivity contribution in [1.82, 2.24) is 4.98 Å². The van der Waals surface area contributed by atoms with Crippen molar-refractivity contribution < 1.29 is 5.11 Å². The Morgan fingerprint density at radius 2 is 2.05 bits per heavy atom. The Hall–Kier alpha value is -1.09. The Bertz CT molecular complexity index is 447. The van der Waals surface area contributed by atoms with E-state index < -0.39 is 0 Å². The maximum absolute atomic E-state index is 9.48. The summed E-state index contributed by atoms with van der Waals surface area (Å²) in [5, 5.41) is 9.48. The minimum absolute atomic E-state index is 0.0968. The Kier molecular flexibility index (Phi) is 5.03. The zero-order valence-corrected chi connectivity index (χ0v) is 13.3. The summed E-state index contributed by atoms with van der Waals surface area (Å²) >= 11 is 0. The van der Waals surface area contributed by atoms with Gasteiger partial charge in [0.1, 0.15) is 5.82 Å². The molecule has 3 nitrogen and oxygen atoms in total. The van der Waals surface area contributed by atoms with Crippen LogP contribution in [0.25, 0.3) is 0 Å². The van der Waals surface area contributed by atoms with Gasteiger partial charge in [-0.3, -0.25) is 0 Å². The summed E-state index contributed by atoms with van der Waals surface area (Å²) in [5.41, 5.74) is 2.09. The number of hydrogen-bond acceptors (Lipinski definition) is 3. The summed E-state index contributed by atoms with van der Waals surface area (Å²) in [6.45, 7) is 10.3. The number of aliphatic hydroxyl groups is 1. The fraction of sp³-hybridized carbons (Fsp3) is 0.706. The molecule has 1 saturated heterocycles. The molecule has 112 valence electrons. The summed E-state index contributed by atoms with van der Waals surface area (Å²) in [7, 11) is 0. The molecule has 3 heteroatoms. The number of nitrogens with zero attached hydrogens (tertiary/aromatic N) is 2. The van der Waals surface area contributed by atoms with E-state index in [1.807, 2.05) is 6.07 Å². The van der Waals surface area contributed by atoms with Crippen LogP contribution in [0.2, 0.25) is 0 Å². The summed E-state index contributed by atoms with van der Waals surface area (Å²) in [6.07, 6.45) is 3.36. The molecule has 0 saturated carbocycles. The topological polar surface area (TPSA) is 36.4 Å². The van der Waals surface area contributed by atoms with Crippen molar-refractivity contribution in [2.75, 3.05) is 11.4 Å². The van der Waals surface area contributed by atoms with Gasteiger partial charge in [-0.1, -0.05) is 27.2 Å². The lowest BCUT2D eigenvalue weighted by Gasteiger charge is -2.42. The Balaban J connectivity index is 2.32. The molecular formula is C17H28N2O. The number of anilines is 1. The maximum Gasteiger partial charge on any atom is 0.129 e. The molecular weight excluding hydrogens is 248 g/mol. The highest BCUT2D eigenvalue weighted by atomic mass is 16.3. The number of aliphatic hydroxyl groups excluding tert-OH is 1. The smallest absolute Gasteiger partial charge is 0.129 e. The van der Waals surface area contributed by atoms with Gasteiger partial charge in [0, 0.05) is 18.3 Å². The summed E-state index contributed by atoms with van der Waals surface area (Å²) < 4.78 is 0. The molecule has 2 rings (SSSR count). The van der Waals surface area contributed by atoms with Crippen LogP contribution in [0.3, 0.4) is 0 Å². The molecule has 0 spiro atoms. The van der Waals surface area contributed by atoms with Gasteiger partial charge >= 0.3 is 0 Å². The van der Waals surface area contributed by atoms with Crippen LogP contribution in [0.15, 0.2) is 12.1 Å². The molecule has 0 bridgehead atoms. The first-order valence-electron chi connectivity index (χ1n) is 7.92. The second kappa shape index (κ2) is 6.57. The second-order valence-electron chi connectivity index (χ2n) is 6.44. The zero-order chi connectivity index (χ0) is 14.7. The molecule has 1 aliphatic heterocycles. The number of aromatic nitrogens is 1.